The van der Waals surface area contributed by atoms with E-state index in [0.717, 1.165) is 17.7 Å². The summed E-state index contributed by atoms with van der Waals surface area (Å²) in [6, 6.07) is 10.4. The van der Waals surface area contributed by atoms with Crippen LogP contribution in [0.5, 0.6) is 0 Å². The van der Waals surface area contributed by atoms with Crippen LogP contribution in [0.15, 0.2) is 54.7 Å². The first-order valence-corrected chi connectivity index (χ1v) is 9.77. The summed E-state index contributed by atoms with van der Waals surface area (Å²) >= 11 is 0. The third-order valence-corrected chi connectivity index (χ3v) is 6.00. The normalized spacial score (nSPS) is 22.3. The fourth-order valence-corrected chi connectivity index (χ4v) is 4.48. The molecule has 2 aliphatic rings. The minimum atomic E-state index is -0.350. The molecule has 1 aromatic heterocycles. The number of allylic oxidation sites excluding steroid dienone is 2. The van der Waals surface area contributed by atoms with Crippen molar-refractivity contribution < 1.29 is 9.72 Å². The summed E-state index contributed by atoms with van der Waals surface area (Å²) < 4.78 is 0. The number of hydrogen-bond acceptors (Lipinski definition) is 5. The van der Waals surface area contributed by atoms with Gasteiger partial charge < -0.3 is 10.6 Å². The van der Waals surface area contributed by atoms with Gasteiger partial charge >= 0.3 is 0 Å². The largest absolute Gasteiger partial charge is 0.381 e. The number of nitro benzene ring substituents is 1. The predicted octanol–water partition coefficient (Wildman–Crippen LogP) is 3.90. The number of nitrogens with one attached hydrogen (secondary N) is 2. The summed E-state index contributed by atoms with van der Waals surface area (Å²) in [5, 5.41) is 17.8. The molecule has 1 aromatic carbocycles. The van der Waals surface area contributed by atoms with Crippen molar-refractivity contribution in [3.63, 3.8) is 0 Å². The number of hydrogen-bond donors (Lipinski definition) is 2. The van der Waals surface area contributed by atoms with Gasteiger partial charge in [-0.2, -0.15) is 0 Å². The number of nitro groups is 1. The molecule has 1 aliphatic heterocycles. The van der Waals surface area contributed by atoms with Crippen molar-refractivity contribution in [2.45, 2.75) is 32.2 Å². The fourth-order valence-electron chi connectivity index (χ4n) is 4.48. The first-order valence-electron chi connectivity index (χ1n) is 9.77. The fraction of sp³-hybridized carbons (Fsp3) is 0.364. The van der Waals surface area contributed by atoms with Gasteiger partial charge in [-0.15, -0.1) is 0 Å². The average molecular weight is 392 g/mol. The number of anilines is 1. The second-order valence-corrected chi connectivity index (χ2v) is 8.39. The van der Waals surface area contributed by atoms with E-state index in [9.17, 15) is 14.9 Å². The highest BCUT2D eigenvalue weighted by Crippen LogP contribution is 2.49. The quantitative estimate of drug-likeness (QED) is 0.457. The van der Waals surface area contributed by atoms with Crippen LogP contribution in [0.4, 0.5) is 11.4 Å². The third kappa shape index (κ3) is 3.60. The number of nitrogens with zero attached hydrogens (tertiary/aromatic N) is 2. The maximum atomic E-state index is 12.4. The molecule has 2 N–H and O–H groups in total. The predicted molar refractivity (Wildman–Crippen MR) is 111 cm³/mol. The molecular formula is C22H24N4O3. The summed E-state index contributed by atoms with van der Waals surface area (Å²) in [7, 11) is 0. The molecule has 7 nitrogen and oxygen atoms in total. The number of pyridine rings is 1. The Morgan fingerprint density at radius 1 is 1.34 bits per heavy atom. The molecule has 2 aromatic rings. The lowest BCUT2D eigenvalue weighted by molar-refractivity contribution is -0.384. The van der Waals surface area contributed by atoms with E-state index in [-0.39, 0.29) is 39.8 Å². The molecule has 0 bridgehead atoms. The Labute approximate surface area is 169 Å². The van der Waals surface area contributed by atoms with Gasteiger partial charge in [0.1, 0.15) is 5.69 Å². The summed E-state index contributed by atoms with van der Waals surface area (Å²) in [4.78, 5) is 27.4. The van der Waals surface area contributed by atoms with Crippen LogP contribution in [0.1, 0.15) is 42.2 Å². The SMILES string of the molecule is CC(C)(CNC(=O)c1ccccn1)C1Nc2ccc([N+](=O)[O-])cc2C2C=CCC21. The number of amides is 1. The van der Waals surface area contributed by atoms with E-state index in [0.29, 0.717) is 12.2 Å². The number of aromatic nitrogens is 1. The van der Waals surface area contributed by atoms with Crippen LogP contribution in [-0.4, -0.2) is 28.4 Å². The van der Waals surface area contributed by atoms with E-state index in [4.69, 9.17) is 0 Å². The highest BCUT2D eigenvalue weighted by molar-refractivity contribution is 5.92. The number of benzene rings is 1. The molecule has 150 valence electrons. The van der Waals surface area contributed by atoms with E-state index in [1.54, 1.807) is 36.5 Å². The van der Waals surface area contributed by atoms with E-state index in [1.165, 1.54) is 6.07 Å². The number of carbonyl (C=O) groups is 1. The van der Waals surface area contributed by atoms with Gasteiger partial charge in [-0.25, -0.2) is 0 Å². The lowest BCUT2D eigenvalue weighted by Crippen LogP contribution is -2.51. The third-order valence-electron chi connectivity index (χ3n) is 6.00. The number of fused-ring (bicyclic) bond motifs is 3. The summed E-state index contributed by atoms with van der Waals surface area (Å²) in [5.74, 6) is 0.236. The monoisotopic (exact) mass is 392 g/mol. The molecule has 3 unspecified atom stereocenters. The second kappa shape index (κ2) is 7.31. The Kier molecular flexibility index (Phi) is 4.82. The molecule has 3 atom stereocenters. The highest BCUT2D eigenvalue weighted by atomic mass is 16.6. The molecular weight excluding hydrogens is 368 g/mol. The van der Waals surface area contributed by atoms with Crippen molar-refractivity contribution in [2.75, 3.05) is 11.9 Å². The Morgan fingerprint density at radius 3 is 2.90 bits per heavy atom. The molecule has 4 rings (SSSR count). The smallest absolute Gasteiger partial charge is 0.269 e. The van der Waals surface area contributed by atoms with Gasteiger partial charge in [0.15, 0.2) is 0 Å². The Bertz CT molecular complexity index is 971. The zero-order chi connectivity index (χ0) is 20.6. The van der Waals surface area contributed by atoms with E-state index in [2.05, 4.69) is 41.6 Å². The van der Waals surface area contributed by atoms with Crippen molar-refractivity contribution in [3.8, 4) is 0 Å². The molecule has 7 heteroatoms. The maximum absolute atomic E-state index is 12.4. The number of rotatable bonds is 5. The van der Waals surface area contributed by atoms with Crippen LogP contribution in [-0.2, 0) is 0 Å². The summed E-state index contributed by atoms with van der Waals surface area (Å²) in [6.45, 7) is 4.76. The zero-order valence-electron chi connectivity index (χ0n) is 16.5. The Balaban J connectivity index is 1.55. The molecule has 1 aliphatic carbocycles. The molecule has 1 amide bonds. The van der Waals surface area contributed by atoms with Crippen LogP contribution in [0.3, 0.4) is 0 Å². The Hall–Kier alpha value is -3.22. The van der Waals surface area contributed by atoms with Gasteiger partial charge in [0.05, 0.1) is 4.92 Å². The van der Waals surface area contributed by atoms with E-state index in [1.807, 2.05) is 0 Å². The van der Waals surface area contributed by atoms with Crippen LogP contribution in [0, 0.1) is 21.4 Å². The van der Waals surface area contributed by atoms with E-state index >= 15 is 0 Å². The van der Waals surface area contributed by atoms with Crippen LogP contribution in [0.25, 0.3) is 0 Å². The van der Waals surface area contributed by atoms with Crippen LogP contribution >= 0.6 is 0 Å². The van der Waals surface area contributed by atoms with Crippen LogP contribution < -0.4 is 10.6 Å². The van der Waals surface area contributed by atoms with Gasteiger partial charge in [-0.1, -0.05) is 32.1 Å². The first kappa shape index (κ1) is 19.1. The molecule has 2 heterocycles. The van der Waals surface area contributed by atoms with Gasteiger partial charge in [0.25, 0.3) is 11.6 Å². The van der Waals surface area contributed by atoms with Crippen molar-refractivity contribution in [1.29, 1.82) is 0 Å². The second-order valence-electron chi connectivity index (χ2n) is 8.39. The molecule has 0 saturated carbocycles. The van der Waals surface area contributed by atoms with Crippen molar-refractivity contribution >= 4 is 17.3 Å². The molecule has 0 fully saturated rings. The standard InChI is InChI=1S/C22H24N4O3/c1-22(2,13-24-21(27)19-8-3-4-11-23-19)20-16-7-5-6-15(16)17-12-14(26(28)29)9-10-18(17)25-20/h3-6,8-12,15-16,20,25H,7,13H2,1-2H3,(H,24,27). The molecule has 0 saturated heterocycles. The lowest BCUT2D eigenvalue weighted by atomic mass is 9.69. The Morgan fingerprint density at radius 2 is 2.17 bits per heavy atom. The van der Waals surface area contributed by atoms with Crippen molar-refractivity contribution in [3.05, 3.63) is 76.1 Å². The minimum Gasteiger partial charge on any atom is -0.381 e. The average Bonchev–Trinajstić information content (AvgIpc) is 3.21. The molecule has 0 radical (unpaired) electrons. The molecule has 0 spiro atoms. The number of carbonyl (C=O) groups excluding carboxylic acids is 1. The van der Waals surface area contributed by atoms with Gasteiger partial charge in [0, 0.05) is 47.9 Å². The summed E-state index contributed by atoms with van der Waals surface area (Å²) in [5.41, 5.74) is 2.18. The van der Waals surface area contributed by atoms with Crippen molar-refractivity contribution in [1.82, 2.24) is 10.3 Å². The van der Waals surface area contributed by atoms with Gasteiger partial charge in [0.2, 0.25) is 0 Å². The lowest BCUT2D eigenvalue weighted by Gasteiger charge is -2.45. The maximum Gasteiger partial charge on any atom is 0.269 e. The zero-order valence-corrected chi connectivity index (χ0v) is 16.5. The van der Waals surface area contributed by atoms with Crippen molar-refractivity contribution in [2.24, 2.45) is 11.3 Å². The van der Waals surface area contributed by atoms with E-state index < -0.39 is 0 Å². The summed E-state index contributed by atoms with van der Waals surface area (Å²) in [6.07, 6.45) is 6.82. The van der Waals surface area contributed by atoms with Gasteiger partial charge in [-0.3, -0.25) is 19.9 Å². The van der Waals surface area contributed by atoms with Crippen LogP contribution in [0.2, 0.25) is 0 Å². The number of non-ortho nitro benzene ring substituents is 1. The molecule has 29 heavy (non-hydrogen) atoms. The topological polar surface area (TPSA) is 97.2 Å². The highest BCUT2D eigenvalue weighted by Gasteiger charge is 2.44. The van der Waals surface area contributed by atoms with Gasteiger partial charge in [-0.05, 0) is 36.1 Å². The minimum absolute atomic E-state index is 0.112. The first-order chi connectivity index (χ1) is 13.9.